The van der Waals surface area contributed by atoms with E-state index in [0.29, 0.717) is 6.54 Å². The van der Waals surface area contributed by atoms with E-state index >= 15 is 0 Å². The molecule has 0 aliphatic heterocycles. The Kier molecular flexibility index (Phi) is 7.71. The first-order valence-electron chi connectivity index (χ1n) is 6.42. The number of rotatable bonds is 7. The summed E-state index contributed by atoms with van der Waals surface area (Å²) < 4.78 is 0. The van der Waals surface area contributed by atoms with Crippen LogP contribution in [-0.4, -0.2) is 41.8 Å². The minimum Gasteiger partial charge on any atom is -0.392 e. The molecule has 0 aromatic rings. The molecule has 0 saturated carbocycles. The monoisotopic (exact) mass is 276 g/mol. The lowest BCUT2D eigenvalue weighted by Gasteiger charge is -2.33. The van der Waals surface area contributed by atoms with Gasteiger partial charge in [-0.05, 0) is 19.1 Å². The molecule has 0 bridgehead atoms. The first kappa shape index (κ1) is 17.6. The van der Waals surface area contributed by atoms with E-state index in [4.69, 9.17) is 0 Å². The zero-order chi connectivity index (χ0) is 14.3. The maximum atomic E-state index is 11.7. The molecular weight excluding hydrogens is 248 g/mol. The van der Waals surface area contributed by atoms with E-state index in [1.54, 1.807) is 11.8 Å². The first-order chi connectivity index (χ1) is 8.20. The van der Waals surface area contributed by atoms with E-state index in [1.165, 1.54) is 0 Å². The molecule has 2 atom stereocenters. The summed E-state index contributed by atoms with van der Waals surface area (Å²) in [5, 5.41) is 15.8. The molecule has 0 rings (SSSR count). The van der Waals surface area contributed by atoms with E-state index < -0.39 is 6.10 Å². The van der Waals surface area contributed by atoms with Crippen molar-refractivity contribution in [2.24, 2.45) is 11.3 Å². The summed E-state index contributed by atoms with van der Waals surface area (Å²) in [5.41, 5.74) is -0.325. The molecule has 3 N–H and O–H groups in total. The van der Waals surface area contributed by atoms with Crippen LogP contribution in [0.4, 0.5) is 4.79 Å². The van der Waals surface area contributed by atoms with Crippen molar-refractivity contribution in [1.82, 2.24) is 10.6 Å². The maximum Gasteiger partial charge on any atom is 0.315 e. The number of carbonyl (C=O) groups is 1. The number of amides is 2. The van der Waals surface area contributed by atoms with E-state index in [2.05, 4.69) is 10.6 Å². The predicted molar refractivity (Wildman–Crippen MR) is 79.0 cm³/mol. The minimum absolute atomic E-state index is 0.151. The van der Waals surface area contributed by atoms with Crippen molar-refractivity contribution in [2.75, 3.05) is 18.6 Å². The third-order valence-electron chi connectivity index (χ3n) is 2.93. The van der Waals surface area contributed by atoms with Gasteiger partial charge in [0.15, 0.2) is 0 Å². The van der Waals surface area contributed by atoms with Gasteiger partial charge >= 0.3 is 6.03 Å². The van der Waals surface area contributed by atoms with Gasteiger partial charge in [-0.3, -0.25) is 0 Å². The molecule has 0 aliphatic carbocycles. The van der Waals surface area contributed by atoms with Crippen LogP contribution < -0.4 is 10.6 Å². The number of nitrogens with one attached hydrogen (secondary N) is 2. The number of hydrogen-bond donors (Lipinski definition) is 3. The second kappa shape index (κ2) is 7.89. The summed E-state index contributed by atoms with van der Waals surface area (Å²) in [6, 6.07) is -0.0151. The lowest BCUT2D eigenvalue weighted by Crippen LogP contribution is -2.48. The predicted octanol–water partition coefficient (Wildman–Crippen LogP) is 2.08. The fraction of sp³-hybridized carbons (Fsp3) is 0.923. The molecule has 18 heavy (non-hydrogen) atoms. The fourth-order valence-electron chi connectivity index (χ4n) is 1.88. The van der Waals surface area contributed by atoms with Gasteiger partial charge in [0.05, 0.1) is 6.10 Å². The van der Waals surface area contributed by atoms with Gasteiger partial charge in [-0.25, -0.2) is 4.79 Å². The molecule has 0 saturated heterocycles. The first-order valence-corrected chi connectivity index (χ1v) is 7.81. The highest BCUT2D eigenvalue weighted by molar-refractivity contribution is 7.98. The van der Waals surface area contributed by atoms with Crippen LogP contribution in [0.5, 0.6) is 0 Å². The fourth-order valence-corrected chi connectivity index (χ4v) is 2.46. The van der Waals surface area contributed by atoms with Crippen LogP contribution in [0.25, 0.3) is 0 Å². The van der Waals surface area contributed by atoms with Crippen molar-refractivity contribution >= 4 is 17.8 Å². The molecule has 0 aliphatic rings. The van der Waals surface area contributed by atoms with Gasteiger partial charge in [0, 0.05) is 23.8 Å². The molecule has 0 radical (unpaired) electrons. The zero-order valence-electron chi connectivity index (χ0n) is 12.4. The standard InChI is InChI=1S/C13H28N2O2S/c1-9(2)11(16)13(4,5)8-14-12(17)15-10(3)7-18-6/h9-11,16H,7-8H2,1-6H3,(H2,14,15,17)/t10-,11-/m0/s1. The number of aliphatic hydroxyl groups is 1. The van der Waals surface area contributed by atoms with Crippen LogP contribution in [0.15, 0.2) is 0 Å². The third-order valence-corrected chi connectivity index (χ3v) is 3.76. The van der Waals surface area contributed by atoms with Crippen LogP contribution in [0.3, 0.4) is 0 Å². The average Bonchev–Trinajstić information content (AvgIpc) is 2.25. The molecule has 0 fully saturated rings. The number of carbonyl (C=O) groups excluding carboxylic acids is 1. The topological polar surface area (TPSA) is 61.4 Å². The van der Waals surface area contributed by atoms with Crippen molar-refractivity contribution in [3.05, 3.63) is 0 Å². The quantitative estimate of drug-likeness (QED) is 0.667. The lowest BCUT2D eigenvalue weighted by molar-refractivity contribution is 0.0151. The summed E-state index contributed by atoms with van der Waals surface area (Å²) in [4.78, 5) is 11.7. The molecular formula is C13H28N2O2S. The number of hydrogen-bond acceptors (Lipinski definition) is 3. The molecule has 4 nitrogen and oxygen atoms in total. The Bertz CT molecular complexity index is 257. The highest BCUT2D eigenvalue weighted by Crippen LogP contribution is 2.24. The Morgan fingerprint density at radius 3 is 2.33 bits per heavy atom. The summed E-state index contributed by atoms with van der Waals surface area (Å²) in [5.74, 6) is 1.08. The van der Waals surface area contributed by atoms with Crippen LogP contribution in [0.1, 0.15) is 34.6 Å². The Balaban J connectivity index is 4.11. The van der Waals surface area contributed by atoms with Crippen molar-refractivity contribution in [3.8, 4) is 0 Å². The Labute approximate surface area is 115 Å². The average molecular weight is 276 g/mol. The molecule has 0 aromatic heterocycles. The highest BCUT2D eigenvalue weighted by Gasteiger charge is 2.30. The summed E-state index contributed by atoms with van der Waals surface area (Å²) in [7, 11) is 0. The second-order valence-corrected chi connectivity index (χ2v) is 6.77. The molecule has 0 aromatic carbocycles. The highest BCUT2D eigenvalue weighted by atomic mass is 32.2. The summed E-state index contributed by atoms with van der Waals surface area (Å²) in [6.45, 7) is 10.3. The van der Waals surface area contributed by atoms with Crippen molar-refractivity contribution in [2.45, 2.75) is 46.8 Å². The normalized spacial score (nSPS) is 15.3. The minimum atomic E-state index is -0.429. The summed E-state index contributed by atoms with van der Waals surface area (Å²) >= 11 is 1.70. The molecule has 0 heterocycles. The van der Waals surface area contributed by atoms with Crippen molar-refractivity contribution < 1.29 is 9.90 Å². The van der Waals surface area contributed by atoms with E-state index in [9.17, 15) is 9.90 Å². The second-order valence-electron chi connectivity index (χ2n) is 5.86. The number of urea groups is 1. The van der Waals surface area contributed by atoms with Gasteiger partial charge in [-0.1, -0.05) is 27.7 Å². The van der Waals surface area contributed by atoms with E-state index in [0.717, 1.165) is 5.75 Å². The lowest BCUT2D eigenvalue weighted by atomic mass is 9.81. The molecule has 0 spiro atoms. The van der Waals surface area contributed by atoms with Gasteiger partial charge in [-0.2, -0.15) is 11.8 Å². The van der Waals surface area contributed by atoms with Crippen LogP contribution in [0.2, 0.25) is 0 Å². The summed E-state index contributed by atoms with van der Waals surface area (Å²) in [6.07, 6.45) is 1.58. The molecule has 0 unspecified atom stereocenters. The number of thioether (sulfide) groups is 1. The van der Waals surface area contributed by atoms with Crippen molar-refractivity contribution in [3.63, 3.8) is 0 Å². The van der Waals surface area contributed by atoms with Gasteiger partial charge in [0.25, 0.3) is 0 Å². The Hall–Kier alpha value is -0.420. The van der Waals surface area contributed by atoms with Gasteiger partial charge in [0.2, 0.25) is 0 Å². The van der Waals surface area contributed by atoms with E-state index in [1.807, 2.05) is 40.9 Å². The van der Waals surface area contributed by atoms with Crippen LogP contribution >= 0.6 is 11.8 Å². The number of aliphatic hydroxyl groups excluding tert-OH is 1. The third kappa shape index (κ3) is 6.50. The molecule has 108 valence electrons. The Morgan fingerprint density at radius 1 is 1.33 bits per heavy atom. The zero-order valence-corrected chi connectivity index (χ0v) is 13.2. The smallest absolute Gasteiger partial charge is 0.315 e. The van der Waals surface area contributed by atoms with Crippen LogP contribution in [-0.2, 0) is 0 Å². The molecule has 5 heteroatoms. The molecule has 2 amide bonds. The maximum absolute atomic E-state index is 11.7. The SMILES string of the molecule is CSC[C@H](C)NC(=O)NCC(C)(C)[C@@H](O)C(C)C. The van der Waals surface area contributed by atoms with Gasteiger partial charge in [0.1, 0.15) is 0 Å². The van der Waals surface area contributed by atoms with E-state index in [-0.39, 0.29) is 23.4 Å². The Morgan fingerprint density at radius 2 is 1.89 bits per heavy atom. The largest absolute Gasteiger partial charge is 0.392 e. The van der Waals surface area contributed by atoms with Crippen LogP contribution in [0, 0.1) is 11.3 Å². The van der Waals surface area contributed by atoms with Crippen molar-refractivity contribution in [1.29, 1.82) is 0 Å². The van der Waals surface area contributed by atoms with Gasteiger partial charge < -0.3 is 15.7 Å². The van der Waals surface area contributed by atoms with Gasteiger partial charge in [-0.15, -0.1) is 0 Å².